The normalized spacial score (nSPS) is 7.83. The second-order valence-electron chi connectivity index (χ2n) is 2.97. The van der Waals surface area contributed by atoms with Crippen LogP contribution in [0.4, 0.5) is 0 Å². The van der Waals surface area contributed by atoms with Gasteiger partial charge in [0.15, 0.2) is 0 Å². The fourth-order valence-corrected chi connectivity index (χ4v) is 0.612. The summed E-state index contributed by atoms with van der Waals surface area (Å²) in [5.41, 5.74) is 10.3. The van der Waals surface area contributed by atoms with Gasteiger partial charge in [-0.1, -0.05) is 0 Å². The van der Waals surface area contributed by atoms with E-state index < -0.39 is 10.2 Å². The van der Waals surface area contributed by atoms with Crippen molar-refractivity contribution in [2.75, 3.05) is 52.5 Å². The van der Waals surface area contributed by atoms with E-state index in [2.05, 4.69) is 10.6 Å². The Morgan fingerprint density at radius 1 is 0.739 bits per heavy atom. The minimum absolute atomic E-state index is 0. The molecule has 0 aromatic carbocycles. The molecule has 0 atom stereocenters. The van der Waals surface area contributed by atoms with Gasteiger partial charge in [-0.3, -0.25) is 0 Å². The summed E-state index contributed by atoms with van der Waals surface area (Å²) in [6.45, 7) is 4.55. The summed E-state index contributed by atoms with van der Waals surface area (Å²) in [5, 5.41) is 51.7. The van der Waals surface area contributed by atoms with Crippen LogP contribution in [-0.2, 0) is 17.1 Å². The molecular weight excluding hydrogens is 372 g/mol. The van der Waals surface area contributed by atoms with E-state index in [1.54, 1.807) is 0 Å². The van der Waals surface area contributed by atoms with Crippen LogP contribution in [0.2, 0.25) is 0 Å². The molecule has 8 N–H and O–H groups in total. The minimum atomic E-state index is -1.75. The molecule has 0 aromatic heterocycles. The molecule has 0 aliphatic heterocycles. The molecule has 0 rings (SSSR count). The Kier molecular flexibility index (Phi) is 53.8. The summed E-state index contributed by atoms with van der Waals surface area (Å²) in [4.78, 5) is 16.5. The van der Waals surface area contributed by atoms with E-state index in [0.717, 1.165) is 13.1 Å². The topological polar surface area (TPSA) is 249 Å². The van der Waals surface area contributed by atoms with E-state index in [9.17, 15) is 0 Å². The number of aliphatic hydroxyl groups is 2. The molecule has 0 bridgehead atoms. The van der Waals surface area contributed by atoms with Gasteiger partial charge in [0.1, 0.15) is 0 Å². The zero-order chi connectivity index (χ0) is 18.2. The monoisotopic (exact) mass is 395 g/mol. The van der Waals surface area contributed by atoms with Crippen molar-refractivity contribution in [2.45, 2.75) is 0 Å². The van der Waals surface area contributed by atoms with E-state index in [1.165, 1.54) is 0 Å². The van der Waals surface area contributed by atoms with E-state index in [1.807, 2.05) is 0 Å². The van der Waals surface area contributed by atoms with E-state index in [4.69, 9.17) is 52.3 Å². The molecule has 0 aromatic rings. The molecule has 0 unspecified atom stereocenters. The van der Waals surface area contributed by atoms with Crippen molar-refractivity contribution in [1.82, 2.24) is 10.6 Å². The fourth-order valence-electron chi connectivity index (χ4n) is 0.612. The number of hydrogen-bond acceptors (Lipinski definition) is 12. The maximum absolute atomic E-state index is 8.25. The van der Waals surface area contributed by atoms with Crippen LogP contribution in [0.25, 0.3) is 0 Å². The first-order chi connectivity index (χ1) is 10.3. The maximum Gasteiger partial charge on any atom is 2.00 e. The Bertz CT molecular complexity index is 191. The molecule has 23 heavy (non-hydrogen) atoms. The third-order valence-electron chi connectivity index (χ3n) is 1.22. The molecule has 0 aliphatic rings. The van der Waals surface area contributed by atoms with Crippen LogP contribution >= 0.6 is 0 Å². The number of nitrogens with two attached hydrogens (primary N) is 2. The molecule has 0 heterocycles. The molecule has 145 valence electrons. The zero-order valence-corrected chi connectivity index (χ0v) is 13.3. The first kappa shape index (κ1) is 33.3. The first-order valence-corrected chi connectivity index (χ1v) is 5.96. The van der Waals surface area contributed by atoms with Gasteiger partial charge in [-0.2, -0.15) is 0 Å². The van der Waals surface area contributed by atoms with Crippen molar-refractivity contribution >= 4 is 0 Å². The molecule has 0 spiro atoms. The Morgan fingerprint density at radius 3 is 1.09 bits per heavy atom. The molecule has 14 nitrogen and oxygen atoms in total. The quantitative estimate of drug-likeness (QED) is 0.102. The van der Waals surface area contributed by atoms with Gasteiger partial charge in [0, 0.05) is 39.3 Å². The Morgan fingerprint density at radius 2 is 0.957 bits per heavy atom. The second kappa shape index (κ2) is 37.2. The van der Waals surface area contributed by atoms with E-state index in [-0.39, 0.29) is 30.3 Å². The third-order valence-corrected chi connectivity index (χ3v) is 1.22. The molecule has 0 saturated carbocycles. The summed E-state index contributed by atoms with van der Waals surface area (Å²) in [6, 6.07) is 0. The van der Waals surface area contributed by atoms with Crippen molar-refractivity contribution in [2.24, 2.45) is 11.5 Å². The van der Waals surface area contributed by atoms with Crippen molar-refractivity contribution in [3.8, 4) is 0 Å². The average molecular weight is 396 g/mol. The summed E-state index contributed by atoms with van der Waals surface area (Å²) in [5.74, 6) is 0. The molecule has 0 amide bonds. The van der Waals surface area contributed by atoms with Crippen molar-refractivity contribution in [3.63, 3.8) is 0 Å². The van der Waals surface area contributed by atoms with Gasteiger partial charge in [-0.05, 0) is 0 Å². The van der Waals surface area contributed by atoms with Gasteiger partial charge in [-0.15, -0.1) is 0 Å². The molecule has 0 fully saturated rings. The number of nitrogens with zero attached hydrogens (tertiary/aromatic N) is 2. The van der Waals surface area contributed by atoms with Gasteiger partial charge in [0.2, 0.25) is 0 Å². The van der Waals surface area contributed by atoms with E-state index in [0.29, 0.717) is 26.2 Å². The summed E-state index contributed by atoms with van der Waals surface area (Å²) in [7, 11) is 0. The standard InChI is InChI=1S/2C4H12N2O.Cu.2NO3/c2*5-1-2-6-3-4-7;;2*2-1(3)4/h2*6-7H,1-5H2;;;/q;;+2;2*-1. The summed E-state index contributed by atoms with van der Waals surface area (Å²) < 4.78 is 0. The SMILES string of the molecule is NCCNCCO.NCCNCCO.O=[N+]([O-])[O-].O=[N+]([O-])[O-].[Cu+2]. The molecule has 0 saturated heterocycles. The van der Waals surface area contributed by atoms with Crippen LogP contribution in [0.1, 0.15) is 0 Å². The first-order valence-electron chi connectivity index (χ1n) is 5.96. The number of nitrogens with one attached hydrogen (secondary N) is 2. The predicted octanol–water partition coefficient (Wildman–Crippen LogP) is -3.43. The van der Waals surface area contributed by atoms with Gasteiger partial charge < -0.3 is 63.0 Å². The Hall–Kier alpha value is -1.32. The van der Waals surface area contributed by atoms with Crippen molar-refractivity contribution in [3.05, 3.63) is 30.6 Å². The van der Waals surface area contributed by atoms with Crippen molar-refractivity contribution in [1.29, 1.82) is 0 Å². The summed E-state index contributed by atoms with van der Waals surface area (Å²) >= 11 is 0. The average Bonchev–Trinajstić information content (AvgIpc) is 2.39. The van der Waals surface area contributed by atoms with Gasteiger partial charge in [0.25, 0.3) is 0 Å². The molecular formula is C8H24CuN6O8. The van der Waals surface area contributed by atoms with Crippen LogP contribution < -0.4 is 22.1 Å². The van der Waals surface area contributed by atoms with Crippen LogP contribution in [0, 0.1) is 30.6 Å². The largest absolute Gasteiger partial charge is 2.00 e. The predicted molar refractivity (Wildman–Crippen MR) is 78.7 cm³/mol. The van der Waals surface area contributed by atoms with Crippen LogP contribution in [0.15, 0.2) is 0 Å². The number of aliphatic hydroxyl groups excluding tert-OH is 2. The van der Waals surface area contributed by atoms with Gasteiger partial charge in [-0.25, -0.2) is 0 Å². The smallest absolute Gasteiger partial charge is 0.395 e. The van der Waals surface area contributed by atoms with Crippen LogP contribution in [-0.4, -0.2) is 72.9 Å². The van der Waals surface area contributed by atoms with Crippen LogP contribution in [0.3, 0.4) is 0 Å². The van der Waals surface area contributed by atoms with Gasteiger partial charge >= 0.3 is 17.1 Å². The number of rotatable bonds is 8. The zero-order valence-electron chi connectivity index (χ0n) is 12.4. The fraction of sp³-hybridized carbons (Fsp3) is 1.00. The van der Waals surface area contributed by atoms with E-state index >= 15 is 0 Å². The summed E-state index contributed by atoms with van der Waals surface area (Å²) in [6.07, 6.45) is 0. The number of hydrogen-bond donors (Lipinski definition) is 6. The minimum Gasteiger partial charge on any atom is -0.395 e. The van der Waals surface area contributed by atoms with Crippen LogP contribution in [0.5, 0.6) is 0 Å². The van der Waals surface area contributed by atoms with Gasteiger partial charge in [0.05, 0.1) is 23.4 Å². The van der Waals surface area contributed by atoms with Crippen molar-refractivity contribution < 1.29 is 37.5 Å². The Labute approximate surface area is 143 Å². The molecule has 15 heteroatoms. The molecule has 1 radical (unpaired) electrons. The Balaban J connectivity index is -0.0000000639. The second-order valence-corrected chi connectivity index (χ2v) is 2.97. The third kappa shape index (κ3) is 162. The maximum atomic E-state index is 8.25. The molecule has 0 aliphatic carbocycles.